The molecule has 3 rings (SSSR count). The molecule has 0 radical (unpaired) electrons. The lowest BCUT2D eigenvalue weighted by Crippen LogP contribution is -1.82. The summed E-state index contributed by atoms with van der Waals surface area (Å²) in [5.74, 6) is 0. The molecule has 0 spiro atoms. The van der Waals surface area contributed by atoms with Gasteiger partial charge in [-0.3, -0.25) is 0 Å². The lowest BCUT2D eigenvalue weighted by molar-refractivity contribution is 1.14. The van der Waals surface area contributed by atoms with Gasteiger partial charge in [0.2, 0.25) is 0 Å². The minimum Gasteiger partial charge on any atom is -0.235 e. The maximum absolute atomic E-state index is 6.14. The molecule has 0 fully saturated rings. The molecule has 0 N–H and O–H groups in total. The number of fused-ring (bicyclic) bond motifs is 1. The van der Waals surface area contributed by atoms with E-state index < -0.39 is 0 Å². The minimum absolute atomic E-state index is 0.537. The number of hydrogen-bond donors (Lipinski definition) is 0. The maximum Gasteiger partial charge on any atom is 0.150 e. The van der Waals surface area contributed by atoms with Crippen LogP contribution in [0.2, 0.25) is 5.15 Å². The Morgan fingerprint density at radius 3 is 2.53 bits per heavy atom. The van der Waals surface area contributed by atoms with Gasteiger partial charge in [-0.05, 0) is 30.0 Å². The Morgan fingerprint density at radius 2 is 1.89 bits per heavy atom. The first kappa shape index (κ1) is 12.6. The highest BCUT2D eigenvalue weighted by Crippen LogP contribution is 2.39. The monoisotopic (exact) mass is 288 g/mol. The Balaban J connectivity index is 2.19. The highest BCUT2D eigenvalue weighted by Gasteiger charge is 2.13. The van der Waals surface area contributed by atoms with Crippen LogP contribution in [0.3, 0.4) is 0 Å². The van der Waals surface area contributed by atoms with Crippen molar-refractivity contribution in [3.63, 3.8) is 0 Å². The molecular formula is C15H13ClN2S. The zero-order valence-corrected chi connectivity index (χ0v) is 12.3. The van der Waals surface area contributed by atoms with Crippen LogP contribution in [-0.4, -0.2) is 9.97 Å². The van der Waals surface area contributed by atoms with E-state index in [0.29, 0.717) is 5.15 Å². The number of thiophene rings is 1. The van der Waals surface area contributed by atoms with E-state index in [-0.39, 0.29) is 0 Å². The summed E-state index contributed by atoms with van der Waals surface area (Å²) in [6, 6.07) is 8.68. The van der Waals surface area contributed by atoms with Crippen LogP contribution in [0.25, 0.3) is 20.7 Å². The van der Waals surface area contributed by atoms with Crippen LogP contribution in [-0.2, 0) is 6.42 Å². The van der Waals surface area contributed by atoms with Crippen LogP contribution in [0.4, 0.5) is 0 Å². The minimum atomic E-state index is 0.537. The molecule has 1 aromatic carbocycles. The highest BCUT2D eigenvalue weighted by atomic mass is 35.5. The number of halogens is 1. The standard InChI is InChI=1S/C15H13ClN2S/c1-3-10-4-6-11(7-5-10)13-9(2)12-14(19-13)15(16)18-8-17-12/h4-8H,3H2,1-2H3. The summed E-state index contributed by atoms with van der Waals surface area (Å²) >= 11 is 7.80. The third-order valence-corrected chi connectivity index (χ3v) is 5.02. The fourth-order valence-electron chi connectivity index (χ4n) is 2.16. The van der Waals surface area contributed by atoms with E-state index in [1.807, 2.05) is 0 Å². The molecule has 96 valence electrons. The fourth-order valence-corrected chi connectivity index (χ4v) is 3.56. The molecular weight excluding hydrogens is 276 g/mol. The van der Waals surface area contributed by atoms with Gasteiger partial charge in [0.15, 0.2) is 0 Å². The molecule has 0 amide bonds. The third kappa shape index (κ3) is 2.13. The number of benzene rings is 1. The maximum atomic E-state index is 6.14. The Bertz CT molecular complexity index is 732. The quantitative estimate of drug-likeness (QED) is 0.628. The summed E-state index contributed by atoms with van der Waals surface area (Å²) in [6.07, 6.45) is 2.58. The first-order chi connectivity index (χ1) is 9.20. The summed E-state index contributed by atoms with van der Waals surface area (Å²) in [4.78, 5) is 9.61. The second-order valence-electron chi connectivity index (χ2n) is 4.45. The van der Waals surface area contributed by atoms with Crippen molar-refractivity contribution < 1.29 is 0 Å². The van der Waals surface area contributed by atoms with Crippen LogP contribution in [0.1, 0.15) is 18.1 Å². The van der Waals surface area contributed by atoms with E-state index in [4.69, 9.17) is 11.6 Å². The molecule has 0 atom stereocenters. The lowest BCUT2D eigenvalue weighted by Gasteiger charge is -2.01. The smallest absolute Gasteiger partial charge is 0.150 e. The Kier molecular flexibility index (Phi) is 3.25. The predicted molar refractivity (Wildman–Crippen MR) is 82.0 cm³/mol. The molecule has 4 heteroatoms. The lowest BCUT2D eigenvalue weighted by atomic mass is 10.1. The molecule has 3 aromatic rings. The summed E-state index contributed by atoms with van der Waals surface area (Å²) in [5.41, 5.74) is 4.70. The van der Waals surface area contributed by atoms with E-state index in [9.17, 15) is 0 Å². The zero-order chi connectivity index (χ0) is 13.4. The van der Waals surface area contributed by atoms with Gasteiger partial charge in [-0.15, -0.1) is 11.3 Å². The second kappa shape index (κ2) is 4.91. The molecule has 2 heterocycles. The van der Waals surface area contributed by atoms with Crippen molar-refractivity contribution in [1.29, 1.82) is 0 Å². The van der Waals surface area contributed by atoms with Crippen molar-refractivity contribution in [2.45, 2.75) is 20.3 Å². The van der Waals surface area contributed by atoms with Crippen LogP contribution >= 0.6 is 22.9 Å². The third-order valence-electron chi connectivity index (χ3n) is 3.28. The second-order valence-corrected chi connectivity index (χ2v) is 5.83. The predicted octanol–water partition coefficient (Wildman–Crippen LogP) is 4.88. The average Bonchev–Trinajstić information content (AvgIpc) is 2.78. The van der Waals surface area contributed by atoms with Crippen LogP contribution < -0.4 is 0 Å². The summed E-state index contributed by atoms with van der Waals surface area (Å²) in [5, 5.41) is 0.537. The largest absolute Gasteiger partial charge is 0.235 e. The van der Waals surface area contributed by atoms with E-state index in [1.165, 1.54) is 27.9 Å². The SMILES string of the molecule is CCc1ccc(-c2sc3c(Cl)ncnc3c2C)cc1. The summed E-state index contributed by atoms with van der Waals surface area (Å²) in [6.45, 7) is 4.25. The normalized spacial score (nSPS) is 11.1. The van der Waals surface area contributed by atoms with E-state index in [2.05, 4.69) is 48.1 Å². The van der Waals surface area contributed by atoms with Gasteiger partial charge in [-0.2, -0.15) is 0 Å². The van der Waals surface area contributed by atoms with Crippen molar-refractivity contribution in [2.24, 2.45) is 0 Å². The van der Waals surface area contributed by atoms with Gasteiger partial charge in [-0.25, -0.2) is 9.97 Å². The number of aryl methyl sites for hydroxylation is 2. The van der Waals surface area contributed by atoms with Crippen molar-refractivity contribution in [3.05, 3.63) is 46.9 Å². The van der Waals surface area contributed by atoms with Crippen molar-refractivity contribution >= 4 is 33.2 Å². The van der Waals surface area contributed by atoms with Gasteiger partial charge in [0.05, 0.1) is 10.2 Å². The Morgan fingerprint density at radius 1 is 1.16 bits per heavy atom. The summed E-state index contributed by atoms with van der Waals surface area (Å²) in [7, 11) is 0. The molecule has 0 saturated carbocycles. The van der Waals surface area contributed by atoms with Crippen LogP contribution in [0, 0.1) is 6.92 Å². The molecule has 0 aliphatic heterocycles. The summed E-state index contributed by atoms with van der Waals surface area (Å²) < 4.78 is 0.969. The van der Waals surface area contributed by atoms with Gasteiger partial charge in [0.1, 0.15) is 11.5 Å². The van der Waals surface area contributed by atoms with Gasteiger partial charge >= 0.3 is 0 Å². The Labute approximate surface area is 121 Å². The number of hydrogen-bond acceptors (Lipinski definition) is 3. The zero-order valence-electron chi connectivity index (χ0n) is 10.8. The molecule has 2 nitrogen and oxygen atoms in total. The average molecular weight is 289 g/mol. The van der Waals surface area contributed by atoms with Crippen molar-refractivity contribution in [2.75, 3.05) is 0 Å². The molecule has 2 aromatic heterocycles. The van der Waals surface area contributed by atoms with Crippen LogP contribution in [0.15, 0.2) is 30.6 Å². The molecule has 0 bridgehead atoms. The van der Waals surface area contributed by atoms with Gasteiger partial charge in [0, 0.05) is 4.88 Å². The van der Waals surface area contributed by atoms with E-state index in [1.54, 1.807) is 11.3 Å². The topological polar surface area (TPSA) is 25.8 Å². The van der Waals surface area contributed by atoms with Crippen molar-refractivity contribution in [1.82, 2.24) is 9.97 Å². The van der Waals surface area contributed by atoms with Crippen molar-refractivity contribution in [3.8, 4) is 10.4 Å². The Hall–Kier alpha value is -1.45. The first-order valence-electron chi connectivity index (χ1n) is 6.19. The molecule has 0 aliphatic rings. The number of rotatable bonds is 2. The van der Waals surface area contributed by atoms with E-state index in [0.717, 1.165) is 16.6 Å². The molecule has 0 aliphatic carbocycles. The fraction of sp³-hybridized carbons (Fsp3) is 0.200. The highest BCUT2D eigenvalue weighted by molar-refractivity contribution is 7.23. The molecule has 0 unspecified atom stereocenters. The van der Waals surface area contributed by atoms with E-state index >= 15 is 0 Å². The van der Waals surface area contributed by atoms with Gasteiger partial charge in [0.25, 0.3) is 0 Å². The molecule has 0 saturated heterocycles. The van der Waals surface area contributed by atoms with Crippen LogP contribution in [0.5, 0.6) is 0 Å². The number of nitrogens with zero attached hydrogens (tertiary/aromatic N) is 2. The van der Waals surface area contributed by atoms with Gasteiger partial charge < -0.3 is 0 Å². The number of aromatic nitrogens is 2. The molecule has 19 heavy (non-hydrogen) atoms. The van der Waals surface area contributed by atoms with Gasteiger partial charge in [-0.1, -0.05) is 42.8 Å². The first-order valence-corrected chi connectivity index (χ1v) is 7.39.